The number of hydrogen-bond acceptors (Lipinski definition) is 4. The number of nitrogens with one attached hydrogen (secondary N) is 1. The smallest absolute Gasteiger partial charge is 0.380 e. The predicted molar refractivity (Wildman–Crippen MR) is 73.9 cm³/mol. The van der Waals surface area contributed by atoms with Crippen molar-refractivity contribution in [1.29, 1.82) is 0 Å². The van der Waals surface area contributed by atoms with Gasteiger partial charge in [0.2, 0.25) is 11.5 Å². The third kappa shape index (κ3) is 4.43. The van der Waals surface area contributed by atoms with Crippen molar-refractivity contribution in [3.8, 4) is 0 Å². The Morgan fingerprint density at radius 3 is 2.41 bits per heavy atom. The van der Waals surface area contributed by atoms with Gasteiger partial charge < -0.3 is 20.9 Å². The van der Waals surface area contributed by atoms with E-state index in [-0.39, 0.29) is 18.5 Å². The van der Waals surface area contributed by atoms with E-state index < -0.39 is 30.3 Å². The molecule has 5 nitrogen and oxygen atoms in total. The number of carbonyl (C=O) groups excluding carboxylic acids is 1. The third-order valence-electron chi connectivity index (χ3n) is 3.27. The predicted octanol–water partition coefficient (Wildman–Crippen LogP) is 0.917. The molecule has 1 aromatic carbocycles. The molecule has 0 spiro atoms. The summed E-state index contributed by atoms with van der Waals surface area (Å²) in [7, 11) is 1.35. The Bertz CT molecular complexity index is 478. The molecule has 124 valence electrons. The molecule has 0 aliphatic carbocycles. The number of nitrogens with two attached hydrogens (primary N) is 1. The van der Waals surface area contributed by atoms with Crippen LogP contribution in [0, 0.1) is 0 Å². The van der Waals surface area contributed by atoms with E-state index in [0.29, 0.717) is 0 Å². The fourth-order valence-corrected chi connectivity index (χ4v) is 1.85. The first-order valence-corrected chi connectivity index (χ1v) is 6.58. The summed E-state index contributed by atoms with van der Waals surface area (Å²) >= 11 is 0. The average molecular weight is 320 g/mol. The van der Waals surface area contributed by atoms with Crippen LogP contribution < -0.4 is 11.1 Å². The molecule has 1 amide bonds. The molecule has 1 rings (SSSR count). The van der Waals surface area contributed by atoms with Gasteiger partial charge in [-0.05, 0) is 5.56 Å². The second kappa shape index (κ2) is 7.57. The molecular formula is C14H19F3N2O3. The van der Waals surface area contributed by atoms with Gasteiger partial charge in [0.15, 0.2) is 0 Å². The molecule has 4 N–H and O–H groups in total. The van der Waals surface area contributed by atoms with Crippen molar-refractivity contribution < 1.29 is 27.8 Å². The average Bonchev–Trinajstić information content (AvgIpc) is 2.50. The quantitative estimate of drug-likeness (QED) is 0.697. The van der Waals surface area contributed by atoms with E-state index in [9.17, 15) is 23.1 Å². The van der Waals surface area contributed by atoms with Gasteiger partial charge in [-0.2, -0.15) is 13.2 Å². The van der Waals surface area contributed by atoms with Gasteiger partial charge in [-0.3, -0.25) is 4.79 Å². The number of benzene rings is 1. The lowest BCUT2D eigenvalue weighted by Crippen LogP contribution is -2.51. The topological polar surface area (TPSA) is 84.6 Å². The number of rotatable bonds is 7. The zero-order valence-corrected chi connectivity index (χ0v) is 12.1. The monoisotopic (exact) mass is 320 g/mol. The minimum absolute atomic E-state index is 0.0617. The lowest BCUT2D eigenvalue weighted by Gasteiger charge is -2.31. The zero-order valence-electron chi connectivity index (χ0n) is 12.1. The highest BCUT2D eigenvalue weighted by molar-refractivity contribution is 5.76. The largest absolute Gasteiger partial charge is 0.423 e. The number of halogens is 3. The summed E-state index contributed by atoms with van der Waals surface area (Å²) in [5, 5.41) is 12.1. The Balaban J connectivity index is 2.82. The maximum Gasteiger partial charge on any atom is 0.423 e. The number of ether oxygens (including phenoxy) is 1. The molecule has 0 heterocycles. The van der Waals surface area contributed by atoms with Crippen LogP contribution in [0.4, 0.5) is 13.2 Å². The first-order chi connectivity index (χ1) is 10.2. The Labute approximate surface area is 126 Å². The van der Waals surface area contributed by atoms with E-state index in [1.54, 1.807) is 0 Å². The molecule has 2 atom stereocenters. The van der Waals surface area contributed by atoms with Gasteiger partial charge in [-0.15, -0.1) is 0 Å². The van der Waals surface area contributed by atoms with Gasteiger partial charge in [0.1, 0.15) is 0 Å². The number of methoxy groups -OCH3 is 1. The van der Waals surface area contributed by atoms with Crippen LogP contribution in [0.25, 0.3) is 0 Å². The van der Waals surface area contributed by atoms with Crippen LogP contribution in [0.15, 0.2) is 30.3 Å². The molecule has 0 bridgehead atoms. The van der Waals surface area contributed by atoms with Crippen LogP contribution in [0.3, 0.4) is 0 Å². The molecule has 8 heteroatoms. The zero-order chi connectivity index (χ0) is 16.8. The van der Waals surface area contributed by atoms with Gasteiger partial charge in [0.05, 0.1) is 19.1 Å². The molecule has 22 heavy (non-hydrogen) atoms. The van der Waals surface area contributed by atoms with Crippen molar-refractivity contribution in [2.24, 2.45) is 5.73 Å². The molecule has 0 saturated carbocycles. The molecule has 1 aromatic rings. The minimum atomic E-state index is -4.93. The van der Waals surface area contributed by atoms with Crippen LogP contribution in [-0.2, 0) is 15.1 Å². The summed E-state index contributed by atoms with van der Waals surface area (Å²) in [4.78, 5) is 11.7. The Kier molecular flexibility index (Phi) is 6.34. The van der Waals surface area contributed by atoms with E-state index in [1.165, 1.54) is 25.3 Å². The molecular weight excluding hydrogens is 301 g/mol. The summed E-state index contributed by atoms with van der Waals surface area (Å²) in [6.07, 6.45) is -5.71. The summed E-state index contributed by atoms with van der Waals surface area (Å²) < 4.78 is 44.5. The minimum Gasteiger partial charge on any atom is -0.380 e. The fraction of sp³-hybridized carbons (Fsp3) is 0.500. The van der Waals surface area contributed by atoms with Crippen molar-refractivity contribution in [2.45, 2.75) is 24.3 Å². The first kappa shape index (κ1) is 18.4. The van der Waals surface area contributed by atoms with E-state index >= 15 is 0 Å². The van der Waals surface area contributed by atoms with Crippen LogP contribution in [0.1, 0.15) is 12.0 Å². The second-order valence-corrected chi connectivity index (χ2v) is 4.80. The highest BCUT2D eigenvalue weighted by Gasteiger charge is 2.55. The lowest BCUT2D eigenvalue weighted by molar-refractivity contribution is -0.264. The SMILES string of the molecule is COC(CN)CC(=O)NCC(O)(c1ccccc1)C(F)(F)F. The molecule has 0 radical (unpaired) electrons. The highest BCUT2D eigenvalue weighted by Crippen LogP contribution is 2.38. The van der Waals surface area contributed by atoms with Crippen LogP contribution in [-0.4, -0.2) is 43.5 Å². The lowest BCUT2D eigenvalue weighted by atomic mass is 9.93. The van der Waals surface area contributed by atoms with Gasteiger partial charge in [0, 0.05) is 13.7 Å². The Hall–Kier alpha value is -1.64. The molecule has 0 aromatic heterocycles. The van der Waals surface area contributed by atoms with E-state index in [4.69, 9.17) is 10.5 Å². The van der Waals surface area contributed by atoms with E-state index in [1.807, 2.05) is 0 Å². The molecule has 0 aliphatic heterocycles. The van der Waals surface area contributed by atoms with Gasteiger partial charge in [-0.25, -0.2) is 0 Å². The summed E-state index contributed by atoms with van der Waals surface area (Å²) in [6.45, 7) is -0.924. The Morgan fingerprint density at radius 2 is 1.95 bits per heavy atom. The highest BCUT2D eigenvalue weighted by atomic mass is 19.4. The van der Waals surface area contributed by atoms with Crippen molar-refractivity contribution >= 4 is 5.91 Å². The number of hydrogen-bond donors (Lipinski definition) is 3. The third-order valence-corrected chi connectivity index (χ3v) is 3.27. The normalized spacial score (nSPS) is 15.9. The van der Waals surface area contributed by atoms with E-state index in [0.717, 1.165) is 12.1 Å². The molecule has 2 unspecified atom stereocenters. The number of amides is 1. The van der Waals surface area contributed by atoms with Crippen LogP contribution in [0.2, 0.25) is 0 Å². The van der Waals surface area contributed by atoms with Crippen molar-refractivity contribution in [3.63, 3.8) is 0 Å². The maximum atomic E-state index is 13.2. The van der Waals surface area contributed by atoms with Gasteiger partial charge >= 0.3 is 6.18 Å². The van der Waals surface area contributed by atoms with Crippen molar-refractivity contribution in [3.05, 3.63) is 35.9 Å². The van der Waals surface area contributed by atoms with Crippen molar-refractivity contribution in [1.82, 2.24) is 5.32 Å². The standard InChI is InChI=1S/C14H19F3N2O3/c1-22-11(8-18)7-12(20)19-9-13(21,14(15,16)17)10-5-3-2-4-6-10/h2-6,11,21H,7-9,18H2,1H3,(H,19,20). The Morgan fingerprint density at radius 1 is 1.36 bits per heavy atom. The van der Waals surface area contributed by atoms with Crippen LogP contribution >= 0.6 is 0 Å². The molecule has 0 aliphatic rings. The number of carbonyl (C=O) groups is 1. The van der Waals surface area contributed by atoms with E-state index in [2.05, 4.69) is 5.32 Å². The maximum absolute atomic E-state index is 13.2. The summed E-state index contributed by atoms with van der Waals surface area (Å²) in [5.41, 5.74) is 1.84. The molecule has 0 saturated heterocycles. The summed E-state index contributed by atoms with van der Waals surface area (Å²) in [5.74, 6) is -0.684. The van der Waals surface area contributed by atoms with Gasteiger partial charge in [-0.1, -0.05) is 30.3 Å². The summed E-state index contributed by atoms with van der Waals surface area (Å²) in [6, 6.07) is 6.59. The number of alkyl halides is 3. The first-order valence-electron chi connectivity index (χ1n) is 6.58. The van der Waals surface area contributed by atoms with Gasteiger partial charge in [0.25, 0.3) is 0 Å². The van der Waals surface area contributed by atoms with Crippen LogP contribution in [0.5, 0.6) is 0 Å². The second-order valence-electron chi connectivity index (χ2n) is 4.80. The fourth-order valence-electron chi connectivity index (χ4n) is 1.85. The van der Waals surface area contributed by atoms with Crippen molar-refractivity contribution in [2.75, 3.05) is 20.2 Å². The molecule has 0 fully saturated rings. The number of aliphatic hydroxyl groups is 1.